The molecule has 0 aromatic heterocycles. The molecule has 1 aromatic carbocycles. The van der Waals surface area contributed by atoms with Gasteiger partial charge in [0.15, 0.2) is 0 Å². The van der Waals surface area contributed by atoms with Crippen LogP contribution in [0.1, 0.15) is 31.9 Å². The molecule has 0 aliphatic carbocycles. The molecule has 0 atom stereocenters. The largest absolute Gasteiger partial charge is 0.444 e. The molecule has 4 heteroatoms. The number of rotatable bonds is 5. The third-order valence-electron chi connectivity index (χ3n) is 2.96. The van der Waals surface area contributed by atoms with Gasteiger partial charge in [0.05, 0.1) is 0 Å². The van der Waals surface area contributed by atoms with E-state index in [-0.39, 0.29) is 6.09 Å². The Balaban J connectivity index is 2.76. The fourth-order valence-electron chi connectivity index (χ4n) is 1.80. The number of ether oxygens (including phenoxy) is 1. The summed E-state index contributed by atoms with van der Waals surface area (Å²) in [5.41, 5.74) is 1.86. The Labute approximate surface area is 128 Å². The summed E-state index contributed by atoms with van der Waals surface area (Å²) in [6.07, 6.45) is -0.259. The molecule has 0 radical (unpaired) electrons. The van der Waals surface area contributed by atoms with Crippen molar-refractivity contribution >= 4 is 6.09 Å². The van der Waals surface area contributed by atoms with E-state index in [0.717, 1.165) is 12.1 Å². The van der Waals surface area contributed by atoms with Gasteiger partial charge in [-0.2, -0.15) is 0 Å². The maximum absolute atomic E-state index is 12.3. The standard InChI is InChI=1S/C17H28N2O2/c1-14-7-9-15(10-8-14)13-19(12-11-18(5)6)16(20)21-17(2,3)4/h7-10H,11-13H2,1-6H3. The van der Waals surface area contributed by atoms with Crippen LogP contribution in [0.15, 0.2) is 24.3 Å². The molecule has 0 bridgehead atoms. The van der Waals surface area contributed by atoms with Crippen LogP contribution in [-0.4, -0.2) is 48.7 Å². The summed E-state index contributed by atoms with van der Waals surface area (Å²) in [5, 5.41) is 0. The molecule has 0 heterocycles. The van der Waals surface area contributed by atoms with Gasteiger partial charge in [-0.1, -0.05) is 29.8 Å². The fourth-order valence-corrected chi connectivity index (χ4v) is 1.80. The number of amides is 1. The van der Waals surface area contributed by atoms with E-state index in [2.05, 4.69) is 36.1 Å². The molecule has 1 amide bonds. The predicted molar refractivity (Wildman–Crippen MR) is 86.4 cm³/mol. The number of hydrogen-bond acceptors (Lipinski definition) is 3. The summed E-state index contributed by atoms with van der Waals surface area (Å²) in [7, 11) is 4.00. The zero-order valence-corrected chi connectivity index (χ0v) is 14.1. The number of aryl methyl sites for hydroxylation is 1. The minimum absolute atomic E-state index is 0.259. The van der Waals surface area contributed by atoms with Crippen molar-refractivity contribution in [2.45, 2.75) is 39.8 Å². The Morgan fingerprint density at radius 2 is 1.67 bits per heavy atom. The third kappa shape index (κ3) is 7.14. The number of likely N-dealkylation sites (N-methyl/N-ethyl adjacent to an activating group) is 1. The smallest absolute Gasteiger partial charge is 0.410 e. The highest BCUT2D eigenvalue weighted by molar-refractivity contribution is 5.68. The Bertz CT molecular complexity index is 447. The monoisotopic (exact) mass is 292 g/mol. The van der Waals surface area contributed by atoms with E-state index in [1.165, 1.54) is 5.56 Å². The van der Waals surface area contributed by atoms with Crippen molar-refractivity contribution in [2.24, 2.45) is 0 Å². The Morgan fingerprint density at radius 3 is 2.14 bits per heavy atom. The van der Waals surface area contributed by atoms with Gasteiger partial charge in [-0.05, 0) is 47.4 Å². The van der Waals surface area contributed by atoms with Gasteiger partial charge in [0.2, 0.25) is 0 Å². The molecule has 0 unspecified atom stereocenters. The van der Waals surface area contributed by atoms with Gasteiger partial charge < -0.3 is 14.5 Å². The summed E-state index contributed by atoms with van der Waals surface area (Å²) in [4.78, 5) is 16.1. The van der Waals surface area contributed by atoms with Crippen LogP contribution >= 0.6 is 0 Å². The highest BCUT2D eigenvalue weighted by atomic mass is 16.6. The fraction of sp³-hybridized carbons (Fsp3) is 0.588. The second-order valence-corrected chi connectivity index (χ2v) is 6.69. The first-order chi connectivity index (χ1) is 9.67. The van der Waals surface area contributed by atoms with Gasteiger partial charge in [0.1, 0.15) is 5.60 Å². The number of hydrogen-bond donors (Lipinski definition) is 0. The molecular formula is C17H28N2O2. The van der Waals surface area contributed by atoms with Crippen LogP contribution in [0.5, 0.6) is 0 Å². The first-order valence-corrected chi connectivity index (χ1v) is 7.35. The van der Waals surface area contributed by atoms with Crippen LogP contribution in [-0.2, 0) is 11.3 Å². The first kappa shape index (κ1) is 17.5. The zero-order valence-electron chi connectivity index (χ0n) is 14.1. The maximum Gasteiger partial charge on any atom is 0.410 e. The SMILES string of the molecule is Cc1ccc(CN(CCN(C)C)C(=O)OC(C)(C)C)cc1. The normalized spacial score (nSPS) is 11.6. The molecule has 0 spiro atoms. The molecule has 4 nitrogen and oxygen atoms in total. The lowest BCUT2D eigenvalue weighted by molar-refractivity contribution is 0.0223. The van der Waals surface area contributed by atoms with Crippen molar-refractivity contribution in [3.8, 4) is 0 Å². The molecule has 1 rings (SSSR count). The third-order valence-corrected chi connectivity index (χ3v) is 2.96. The molecule has 0 N–H and O–H groups in total. The number of carbonyl (C=O) groups excluding carboxylic acids is 1. The van der Waals surface area contributed by atoms with E-state index in [1.54, 1.807) is 4.90 Å². The highest BCUT2D eigenvalue weighted by Gasteiger charge is 2.22. The van der Waals surface area contributed by atoms with Gasteiger partial charge in [-0.25, -0.2) is 4.79 Å². The summed E-state index contributed by atoms with van der Waals surface area (Å²) in [6.45, 7) is 9.76. The average Bonchev–Trinajstić information content (AvgIpc) is 2.34. The minimum Gasteiger partial charge on any atom is -0.444 e. The van der Waals surface area contributed by atoms with Gasteiger partial charge >= 0.3 is 6.09 Å². The second-order valence-electron chi connectivity index (χ2n) is 6.69. The van der Waals surface area contributed by atoms with Gasteiger partial charge in [-0.3, -0.25) is 0 Å². The lowest BCUT2D eigenvalue weighted by atomic mass is 10.1. The molecule has 1 aromatic rings. The Hall–Kier alpha value is -1.55. The van der Waals surface area contributed by atoms with Crippen LogP contribution in [0, 0.1) is 6.92 Å². The van der Waals surface area contributed by atoms with Crippen molar-refractivity contribution in [1.82, 2.24) is 9.80 Å². The van der Waals surface area contributed by atoms with Crippen LogP contribution in [0.2, 0.25) is 0 Å². The zero-order chi connectivity index (χ0) is 16.0. The van der Waals surface area contributed by atoms with Gasteiger partial charge in [-0.15, -0.1) is 0 Å². The summed E-state index contributed by atoms with van der Waals surface area (Å²) >= 11 is 0. The molecule has 0 saturated heterocycles. The molecule has 0 aliphatic rings. The van der Waals surface area contributed by atoms with Crippen molar-refractivity contribution < 1.29 is 9.53 Å². The molecule has 118 valence electrons. The lowest BCUT2D eigenvalue weighted by Crippen LogP contribution is -2.39. The molecule has 0 aliphatic heterocycles. The average molecular weight is 292 g/mol. The Morgan fingerprint density at radius 1 is 1.10 bits per heavy atom. The molecule has 0 saturated carbocycles. The van der Waals surface area contributed by atoms with E-state index >= 15 is 0 Å². The van der Waals surface area contributed by atoms with Crippen LogP contribution in [0.25, 0.3) is 0 Å². The second kappa shape index (κ2) is 7.46. The van der Waals surface area contributed by atoms with Crippen molar-refractivity contribution in [2.75, 3.05) is 27.2 Å². The van der Waals surface area contributed by atoms with Gasteiger partial charge in [0, 0.05) is 19.6 Å². The van der Waals surface area contributed by atoms with Crippen molar-refractivity contribution in [3.05, 3.63) is 35.4 Å². The van der Waals surface area contributed by atoms with Crippen molar-refractivity contribution in [3.63, 3.8) is 0 Å². The quantitative estimate of drug-likeness (QED) is 0.835. The first-order valence-electron chi connectivity index (χ1n) is 7.35. The van der Waals surface area contributed by atoms with E-state index in [4.69, 9.17) is 4.74 Å². The summed E-state index contributed by atoms with van der Waals surface area (Å²) in [6, 6.07) is 8.24. The number of carbonyl (C=O) groups is 1. The van der Waals surface area contributed by atoms with E-state index < -0.39 is 5.60 Å². The van der Waals surface area contributed by atoms with Crippen LogP contribution in [0.3, 0.4) is 0 Å². The maximum atomic E-state index is 12.3. The lowest BCUT2D eigenvalue weighted by Gasteiger charge is -2.28. The predicted octanol–water partition coefficient (Wildman–Crippen LogP) is 3.29. The topological polar surface area (TPSA) is 32.8 Å². The van der Waals surface area contributed by atoms with Gasteiger partial charge in [0.25, 0.3) is 0 Å². The highest BCUT2D eigenvalue weighted by Crippen LogP contribution is 2.13. The molecule has 21 heavy (non-hydrogen) atoms. The van der Waals surface area contributed by atoms with E-state index in [0.29, 0.717) is 13.1 Å². The van der Waals surface area contributed by atoms with E-state index in [1.807, 2.05) is 34.9 Å². The van der Waals surface area contributed by atoms with Crippen LogP contribution < -0.4 is 0 Å². The Kier molecular flexibility index (Phi) is 6.21. The van der Waals surface area contributed by atoms with E-state index in [9.17, 15) is 4.79 Å². The minimum atomic E-state index is -0.472. The molecular weight excluding hydrogens is 264 g/mol. The van der Waals surface area contributed by atoms with Crippen LogP contribution in [0.4, 0.5) is 4.79 Å². The number of benzene rings is 1. The van der Waals surface area contributed by atoms with Crippen molar-refractivity contribution in [1.29, 1.82) is 0 Å². The molecule has 0 fully saturated rings. The number of nitrogens with zero attached hydrogens (tertiary/aromatic N) is 2. The summed E-state index contributed by atoms with van der Waals surface area (Å²) in [5.74, 6) is 0. The summed E-state index contributed by atoms with van der Waals surface area (Å²) < 4.78 is 5.50.